The molecule has 5 aliphatic rings. The predicted molar refractivity (Wildman–Crippen MR) is 144 cm³/mol. The maximum atomic E-state index is 13.4. The summed E-state index contributed by atoms with van der Waals surface area (Å²) in [5.74, 6) is 0.949. The van der Waals surface area contributed by atoms with Gasteiger partial charge in [-0.1, -0.05) is 17.7 Å². The molecule has 1 saturated heterocycles. The normalized spacial score (nSPS) is 29.6. The number of rotatable bonds is 10. The Morgan fingerprint density at radius 3 is 2.27 bits per heavy atom. The first-order valence-corrected chi connectivity index (χ1v) is 14.3. The maximum Gasteiger partial charge on any atom is 0.243 e. The van der Waals surface area contributed by atoms with Gasteiger partial charge in [-0.15, -0.1) is 0 Å². The van der Waals surface area contributed by atoms with Gasteiger partial charge < -0.3 is 21.3 Å². The molecule has 0 aromatic heterocycles. The van der Waals surface area contributed by atoms with E-state index in [1.165, 1.54) is 19.3 Å². The van der Waals surface area contributed by atoms with Gasteiger partial charge in [-0.3, -0.25) is 19.3 Å². The summed E-state index contributed by atoms with van der Waals surface area (Å²) in [6.07, 6.45) is 7.11. The molecule has 1 atom stereocenters. The first-order chi connectivity index (χ1) is 17.8. The number of amides is 3. The van der Waals surface area contributed by atoms with Crippen LogP contribution in [0.1, 0.15) is 51.4 Å². The molecule has 9 heteroatoms. The van der Waals surface area contributed by atoms with Gasteiger partial charge in [-0.05, 0) is 87.4 Å². The van der Waals surface area contributed by atoms with E-state index in [9.17, 15) is 14.4 Å². The van der Waals surface area contributed by atoms with E-state index in [4.69, 9.17) is 17.3 Å². The van der Waals surface area contributed by atoms with Crippen LogP contribution in [0.2, 0.25) is 5.02 Å². The van der Waals surface area contributed by atoms with E-state index in [0.29, 0.717) is 24.3 Å². The van der Waals surface area contributed by atoms with Crippen molar-refractivity contribution in [3.05, 3.63) is 29.3 Å². The monoisotopic (exact) mass is 529 g/mol. The number of carbonyl (C=O) groups excluding carboxylic acids is 3. The van der Waals surface area contributed by atoms with Crippen LogP contribution in [0.15, 0.2) is 24.3 Å². The summed E-state index contributed by atoms with van der Waals surface area (Å²) < 4.78 is 0. The van der Waals surface area contributed by atoms with Crippen LogP contribution >= 0.6 is 11.6 Å². The van der Waals surface area contributed by atoms with Crippen LogP contribution in [0.5, 0.6) is 0 Å². The Balaban J connectivity index is 1.06. The molecule has 1 aromatic rings. The Hall–Kier alpha value is -2.32. The summed E-state index contributed by atoms with van der Waals surface area (Å²) in [5.41, 5.74) is 6.22. The zero-order valence-electron chi connectivity index (χ0n) is 21.6. The highest BCUT2D eigenvalue weighted by atomic mass is 35.5. The van der Waals surface area contributed by atoms with Crippen molar-refractivity contribution in [2.45, 2.75) is 57.4 Å². The van der Waals surface area contributed by atoms with Crippen LogP contribution in [0.25, 0.3) is 0 Å². The van der Waals surface area contributed by atoms with E-state index in [-0.39, 0.29) is 23.7 Å². The van der Waals surface area contributed by atoms with Gasteiger partial charge in [0.15, 0.2) is 0 Å². The van der Waals surface area contributed by atoms with Gasteiger partial charge in [0.25, 0.3) is 0 Å². The highest BCUT2D eigenvalue weighted by Gasteiger charge is 2.55. The topological polar surface area (TPSA) is 108 Å². The van der Waals surface area contributed by atoms with Crippen molar-refractivity contribution in [1.29, 1.82) is 0 Å². The van der Waals surface area contributed by atoms with E-state index in [1.807, 2.05) is 18.2 Å². The molecule has 4 aliphatic carbocycles. The smallest absolute Gasteiger partial charge is 0.243 e. The Kier molecular flexibility index (Phi) is 7.96. The van der Waals surface area contributed by atoms with Crippen molar-refractivity contribution >= 4 is 35.0 Å². The van der Waals surface area contributed by atoms with Crippen LogP contribution in [-0.2, 0) is 14.4 Å². The Morgan fingerprint density at radius 1 is 1.03 bits per heavy atom. The molecule has 1 aromatic carbocycles. The summed E-state index contributed by atoms with van der Waals surface area (Å²) in [4.78, 5) is 42.8. The largest absolute Gasteiger partial charge is 0.370 e. The summed E-state index contributed by atoms with van der Waals surface area (Å²) in [6.45, 7) is 5.14. The zero-order chi connectivity index (χ0) is 26.0. The lowest BCUT2D eigenvalue weighted by molar-refractivity contribution is -0.148. The molecule has 4 saturated carbocycles. The number of piperazine rings is 1. The van der Waals surface area contributed by atoms with Crippen LogP contribution in [0.4, 0.5) is 5.69 Å². The number of nitrogens with two attached hydrogens (primary N) is 1. The molecular formula is C28H40ClN5O3. The minimum absolute atomic E-state index is 0.0504. The molecule has 0 unspecified atom stereocenters. The second-order valence-corrected chi connectivity index (χ2v) is 12.3. The summed E-state index contributed by atoms with van der Waals surface area (Å²) in [7, 11) is 0. The van der Waals surface area contributed by atoms with E-state index >= 15 is 0 Å². The minimum Gasteiger partial charge on any atom is -0.370 e. The van der Waals surface area contributed by atoms with Crippen molar-refractivity contribution in [2.24, 2.45) is 28.9 Å². The molecular weight excluding hydrogens is 490 g/mol. The van der Waals surface area contributed by atoms with Crippen molar-refractivity contribution in [3.63, 3.8) is 0 Å². The average molecular weight is 530 g/mol. The number of primary amides is 1. The van der Waals surface area contributed by atoms with Crippen molar-refractivity contribution in [3.8, 4) is 0 Å². The highest BCUT2D eigenvalue weighted by Crippen LogP contribution is 2.60. The molecule has 5 fully saturated rings. The highest BCUT2D eigenvalue weighted by molar-refractivity contribution is 6.30. The molecule has 8 nitrogen and oxygen atoms in total. The van der Waals surface area contributed by atoms with Crippen molar-refractivity contribution in [2.75, 3.05) is 44.2 Å². The summed E-state index contributed by atoms with van der Waals surface area (Å²) >= 11 is 6.13. The number of hydrogen-bond donors (Lipinski definition) is 3. The third-order valence-corrected chi connectivity index (χ3v) is 9.28. The Morgan fingerprint density at radius 2 is 1.68 bits per heavy atom. The lowest BCUT2D eigenvalue weighted by Gasteiger charge is -2.55. The number of carbonyl (C=O) groups is 3. The van der Waals surface area contributed by atoms with E-state index in [2.05, 4.69) is 26.5 Å². The summed E-state index contributed by atoms with van der Waals surface area (Å²) in [5, 5.41) is 6.63. The van der Waals surface area contributed by atoms with Gasteiger partial charge in [-0.2, -0.15) is 0 Å². The van der Waals surface area contributed by atoms with Crippen LogP contribution < -0.4 is 21.3 Å². The average Bonchev–Trinajstić information content (AvgIpc) is 2.85. The second kappa shape index (κ2) is 11.2. The van der Waals surface area contributed by atoms with Crippen LogP contribution in [0, 0.1) is 23.2 Å². The van der Waals surface area contributed by atoms with Gasteiger partial charge in [0.1, 0.15) is 6.04 Å². The van der Waals surface area contributed by atoms with E-state index < -0.39 is 11.9 Å². The fourth-order valence-corrected chi connectivity index (χ4v) is 7.84. The first-order valence-electron chi connectivity index (χ1n) is 13.9. The Bertz CT molecular complexity index is 974. The Labute approximate surface area is 224 Å². The molecule has 1 heterocycles. The molecule has 1 aliphatic heterocycles. The fourth-order valence-electron chi connectivity index (χ4n) is 7.65. The van der Waals surface area contributed by atoms with Crippen LogP contribution in [-0.4, -0.2) is 67.9 Å². The van der Waals surface area contributed by atoms with Crippen molar-refractivity contribution < 1.29 is 14.4 Å². The van der Waals surface area contributed by atoms with Crippen LogP contribution in [0.3, 0.4) is 0 Å². The van der Waals surface area contributed by atoms with Gasteiger partial charge in [-0.25, -0.2) is 0 Å². The number of halogens is 1. The third kappa shape index (κ3) is 6.23. The van der Waals surface area contributed by atoms with Gasteiger partial charge in [0.05, 0.1) is 6.42 Å². The molecule has 0 spiro atoms. The predicted octanol–water partition coefficient (Wildman–Crippen LogP) is 2.54. The first kappa shape index (κ1) is 26.3. The molecule has 37 heavy (non-hydrogen) atoms. The second-order valence-electron chi connectivity index (χ2n) is 11.8. The lowest BCUT2D eigenvalue weighted by atomic mass is 9.49. The maximum absolute atomic E-state index is 13.4. The zero-order valence-corrected chi connectivity index (χ0v) is 22.3. The van der Waals surface area contributed by atoms with Gasteiger partial charge in [0, 0.05) is 48.8 Å². The molecule has 6 rings (SSSR count). The quantitative estimate of drug-likeness (QED) is 0.404. The third-order valence-electron chi connectivity index (χ3n) is 9.04. The molecule has 4 N–H and O–H groups in total. The fraction of sp³-hybridized carbons (Fsp3) is 0.679. The number of nitrogens with zero attached hydrogens (tertiary/aromatic N) is 2. The van der Waals surface area contributed by atoms with Crippen molar-refractivity contribution in [1.82, 2.24) is 15.5 Å². The van der Waals surface area contributed by atoms with E-state index in [0.717, 1.165) is 69.1 Å². The number of nitrogens with one attached hydrogen (secondary N) is 2. The molecule has 3 amide bonds. The number of hydrogen-bond acceptors (Lipinski definition) is 5. The number of anilines is 1. The summed E-state index contributed by atoms with van der Waals surface area (Å²) in [6, 6.07) is 7.04. The molecule has 0 radical (unpaired) electrons. The van der Waals surface area contributed by atoms with Gasteiger partial charge >= 0.3 is 0 Å². The minimum atomic E-state index is -0.903. The standard InChI is InChI=1S/C28H40ClN5O3/c29-22-3-1-4-23(14-22)34-9-7-33(8-10-34)6-2-5-31-26(36)24(15-25(30)35)32-27(37)28-16-19-11-20(17-28)13-21(12-19)18-28/h1,3-4,14,19-21,24H,2,5-13,15-18H2,(H2,30,35)(H,31,36)(H,32,37)/t19?,20?,21?,24-,28?/m0/s1. The lowest BCUT2D eigenvalue weighted by Crippen LogP contribution is -2.58. The molecule has 4 bridgehead atoms. The number of benzene rings is 1. The SMILES string of the molecule is NC(=O)C[C@H](NC(=O)C12CC3CC(CC(C3)C1)C2)C(=O)NCCCN1CCN(c2cccc(Cl)c2)CC1. The van der Waals surface area contributed by atoms with E-state index in [1.54, 1.807) is 0 Å². The molecule has 202 valence electrons. The van der Waals surface area contributed by atoms with Gasteiger partial charge in [0.2, 0.25) is 17.7 Å².